The number of hydrogen-bond acceptors (Lipinski definition) is 2. The lowest BCUT2D eigenvalue weighted by Gasteiger charge is -2.33. The highest BCUT2D eigenvalue weighted by molar-refractivity contribution is 7.99. The predicted molar refractivity (Wildman–Crippen MR) is 48.6 cm³/mol. The van der Waals surface area contributed by atoms with Crippen LogP contribution in [0, 0.1) is 11.8 Å². The van der Waals surface area contributed by atoms with E-state index in [4.69, 9.17) is 0 Å². The zero-order chi connectivity index (χ0) is 7.31. The van der Waals surface area contributed by atoms with E-state index in [1.54, 1.807) is 0 Å². The highest BCUT2D eigenvalue weighted by Gasteiger charge is 2.51. The van der Waals surface area contributed by atoms with Crippen molar-refractivity contribution in [1.29, 1.82) is 0 Å². The number of fused-ring (bicyclic) bond motifs is 3. The minimum absolute atomic E-state index is 0.619. The maximum atomic E-state index is 3.73. The molecule has 1 saturated heterocycles. The van der Waals surface area contributed by atoms with E-state index in [9.17, 15) is 0 Å². The highest BCUT2D eigenvalue weighted by Crippen LogP contribution is 2.53. The third-order valence-electron chi connectivity index (χ3n) is 3.86. The average Bonchev–Trinajstić information content (AvgIpc) is 2.64. The Morgan fingerprint density at radius 3 is 2.91 bits per heavy atom. The summed E-state index contributed by atoms with van der Waals surface area (Å²) in [6.07, 6.45) is 6.06. The van der Waals surface area contributed by atoms with Gasteiger partial charge in [-0.05, 0) is 31.1 Å². The van der Waals surface area contributed by atoms with Gasteiger partial charge in [-0.15, -0.1) is 11.8 Å². The molecule has 0 radical (unpaired) electrons. The van der Waals surface area contributed by atoms with Gasteiger partial charge >= 0.3 is 0 Å². The molecule has 3 aliphatic rings. The molecule has 0 aromatic rings. The third kappa shape index (κ3) is 0.829. The SMILES string of the molecule is C1NC2(CS1)CC1CCC2C1. The molecule has 2 saturated carbocycles. The Balaban J connectivity index is 1.88. The highest BCUT2D eigenvalue weighted by atomic mass is 32.2. The Morgan fingerprint density at radius 1 is 1.36 bits per heavy atom. The van der Waals surface area contributed by atoms with Crippen molar-refractivity contribution < 1.29 is 0 Å². The standard InChI is InChI=1S/C9H15NS/c1-2-8-3-7(1)4-9(8)5-11-6-10-9/h7-8,10H,1-6H2. The first kappa shape index (κ1) is 6.79. The van der Waals surface area contributed by atoms with E-state index in [2.05, 4.69) is 17.1 Å². The van der Waals surface area contributed by atoms with Crippen LogP contribution in [0.2, 0.25) is 0 Å². The van der Waals surface area contributed by atoms with E-state index in [1.165, 1.54) is 37.3 Å². The zero-order valence-electron chi connectivity index (χ0n) is 6.81. The van der Waals surface area contributed by atoms with Crippen LogP contribution in [0.25, 0.3) is 0 Å². The van der Waals surface area contributed by atoms with Crippen molar-refractivity contribution in [2.24, 2.45) is 11.8 Å². The van der Waals surface area contributed by atoms with Crippen LogP contribution in [0.3, 0.4) is 0 Å². The summed E-state index contributed by atoms with van der Waals surface area (Å²) in [5.74, 6) is 4.74. The van der Waals surface area contributed by atoms with Crippen LogP contribution in [-0.4, -0.2) is 17.2 Å². The Labute approximate surface area is 72.3 Å². The molecule has 1 aliphatic heterocycles. The Hall–Kier alpha value is 0.310. The summed E-state index contributed by atoms with van der Waals surface area (Å²) in [6.45, 7) is 0. The molecule has 2 heteroatoms. The molecule has 3 rings (SSSR count). The summed E-state index contributed by atoms with van der Waals surface area (Å²) >= 11 is 2.10. The van der Waals surface area contributed by atoms with Crippen molar-refractivity contribution >= 4 is 11.8 Å². The zero-order valence-corrected chi connectivity index (χ0v) is 7.62. The smallest absolute Gasteiger partial charge is 0.0423 e. The maximum absolute atomic E-state index is 3.73. The fraction of sp³-hybridized carbons (Fsp3) is 1.00. The molecule has 0 aromatic carbocycles. The van der Waals surface area contributed by atoms with Crippen LogP contribution in [0.1, 0.15) is 25.7 Å². The van der Waals surface area contributed by atoms with Gasteiger partial charge in [0, 0.05) is 17.2 Å². The van der Waals surface area contributed by atoms with E-state index in [0.29, 0.717) is 5.54 Å². The van der Waals surface area contributed by atoms with E-state index in [-0.39, 0.29) is 0 Å². The lowest BCUT2D eigenvalue weighted by atomic mass is 9.83. The normalized spacial score (nSPS) is 54.5. The van der Waals surface area contributed by atoms with Gasteiger partial charge in [0.05, 0.1) is 0 Å². The second-order valence-corrected chi connectivity index (χ2v) is 5.39. The molecular weight excluding hydrogens is 154 g/mol. The number of thioether (sulfide) groups is 1. The van der Waals surface area contributed by atoms with Gasteiger partial charge in [0.25, 0.3) is 0 Å². The summed E-state index contributed by atoms with van der Waals surface area (Å²) in [6, 6.07) is 0. The summed E-state index contributed by atoms with van der Waals surface area (Å²) in [4.78, 5) is 0. The van der Waals surface area contributed by atoms with Gasteiger partial charge in [0.2, 0.25) is 0 Å². The molecule has 3 atom stereocenters. The molecule has 1 heterocycles. The van der Waals surface area contributed by atoms with Gasteiger partial charge in [-0.3, -0.25) is 0 Å². The molecule has 3 fully saturated rings. The van der Waals surface area contributed by atoms with Crippen molar-refractivity contribution in [1.82, 2.24) is 5.32 Å². The molecule has 0 aromatic heterocycles. The predicted octanol–water partition coefficient (Wildman–Crippen LogP) is 1.84. The number of rotatable bonds is 0. The number of hydrogen-bond donors (Lipinski definition) is 1. The van der Waals surface area contributed by atoms with E-state index in [0.717, 1.165) is 11.8 Å². The van der Waals surface area contributed by atoms with Crippen molar-refractivity contribution in [2.75, 3.05) is 11.6 Å². The average molecular weight is 169 g/mol. The third-order valence-corrected chi connectivity index (χ3v) is 4.93. The molecular formula is C9H15NS. The van der Waals surface area contributed by atoms with Gasteiger partial charge in [-0.2, -0.15) is 0 Å². The van der Waals surface area contributed by atoms with E-state index in [1.807, 2.05) is 0 Å². The minimum atomic E-state index is 0.619. The van der Waals surface area contributed by atoms with Crippen molar-refractivity contribution in [3.63, 3.8) is 0 Å². The molecule has 3 unspecified atom stereocenters. The van der Waals surface area contributed by atoms with Gasteiger partial charge in [-0.1, -0.05) is 6.42 Å². The molecule has 62 valence electrons. The Kier molecular flexibility index (Phi) is 1.34. The summed E-state index contributed by atoms with van der Waals surface area (Å²) in [5.41, 5.74) is 0.619. The van der Waals surface area contributed by atoms with Crippen LogP contribution in [0.5, 0.6) is 0 Å². The quantitative estimate of drug-likeness (QED) is 0.594. The fourth-order valence-corrected chi connectivity index (χ4v) is 4.63. The summed E-state index contributed by atoms with van der Waals surface area (Å²) in [7, 11) is 0. The first-order valence-corrected chi connectivity index (χ1v) is 5.87. The molecule has 1 spiro atoms. The van der Waals surface area contributed by atoms with Crippen molar-refractivity contribution in [3.8, 4) is 0 Å². The topological polar surface area (TPSA) is 12.0 Å². The molecule has 11 heavy (non-hydrogen) atoms. The second-order valence-electron chi connectivity index (χ2n) is 4.41. The van der Waals surface area contributed by atoms with Crippen LogP contribution in [-0.2, 0) is 0 Å². The summed E-state index contributed by atoms with van der Waals surface area (Å²) < 4.78 is 0. The largest absolute Gasteiger partial charge is 0.301 e. The first-order chi connectivity index (χ1) is 5.39. The van der Waals surface area contributed by atoms with Gasteiger partial charge in [0.15, 0.2) is 0 Å². The lowest BCUT2D eigenvalue weighted by molar-refractivity contribution is 0.260. The minimum Gasteiger partial charge on any atom is -0.301 e. The van der Waals surface area contributed by atoms with E-state index < -0.39 is 0 Å². The summed E-state index contributed by atoms with van der Waals surface area (Å²) in [5, 5.41) is 3.73. The monoisotopic (exact) mass is 169 g/mol. The molecule has 2 aliphatic carbocycles. The maximum Gasteiger partial charge on any atom is 0.0423 e. The fourth-order valence-electron chi connectivity index (χ4n) is 3.32. The lowest BCUT2D eigenvalue weighted by Crippen LogP contribution is -2.46. The van der Waals surface area contributed by atoms with Crippen LogP contribution in [0.4, 0.5) is 0 Å². The van der Waals surface area contributed by atoms with Crippen molar-refractivity contribution in [2.45, 2.75) is 31.2 Å². The van der Waals surface area contributed by atoms with Crippen LogP contribution in [0.15, 0.2) is 0 Å². The Morgan fingerprint density at radius 2 is 2.36 bits per heavy atom. The Bertz CT molecular complexity index is 174. The van der Waals surface area contributed by atoms with Gasteiger partial charge < -0.3 is 5.32 Å². The molecule has 1 nitrogen and oxygen atoms in total. The molecule has 2 bridgehead atoms. The molecule has 1 N–H and O–H groups in total. The number of nitrogens with one attached hydrogen (secondary N) is 1. The molecule has 0 amide bonds. The van der Waals surface area contributed by atoms with Gasteiger partial charge in [0.1, 0.15) is 0 Å². The van der Waals surface area contributed by atoms with Gasteiger partial charge in [-0.25, -0.2) is 0 Å². The van der Waals surface area contributed by atoms with Crippen LogP contribution < -0.4 is 5.32 Å². The van der Waals surface area contributed by atoms with E-state index >= 15 is 0 Å². The second kappa shape index (κ2) is 2.17. The first-order valence-electron chi connectivity index (χ1n) is 4.72. The van der Waals surface area contributed by atoms with Crippen LogP contribution >= 0.6 is 11.8 Å². The van der Waals surface area contributed by atoms with Crippen molar-refractivity contribution in [3.05, 3.63) is 0 Å².